The molecule has 0 aliphatic heterocycles. The molecule has 1 unspecified atom stereocenters. The van der Waals surface area contributed by atoms with Crippen LogP contribution in [0.3, 0.4) is 0 Å². The smallest absolute Gasteiger partial charge is 0.0889 e. The predicted octanol–water partition coefficient (Wildman–Crippen LogP) is 5.55. The number of rotatable bonds is 8. The van der Waals surface area contributed by atoms with Gasteiger partial charge in [0.2, 0.25) is 0 Å². The summed E-state index contributed by atoms with van der Waals surface area (Å²) in [4.78, 5) is 1.32. The molecular weight excluding hydrogens is 328 g/mol. The van der Waals surface area contributed by atoms with E-state index in [-0.39, 0.29) is 0 Å². The number of unbranched alkanes of at least 4 members (excludes halogenated alkanes) is 1. The SMILES string of the molecule is C=C(S(=O)c1ccc(C)cc1)[C@](C)(CCCC)[C@H](O)c1ccccc1. The molecule has 3 atom stereocenters. The lowest BCUT2D eigenvalue weighted by molar-refractivity contribution is 0.0595. The summed E-state index contributed by atoms with van der Waals surface area (Å²) < 4.78 is 13.1. The maximum atomic E-state index is 13.1. The van der Waals surface area contributed by atoms with Crippen molar-refractivity contribution >= 4 is 10.8 Å². The molecule has 0 bridgehead atoms. The zero-order chi connectivity index (χ0) is 18.4. The molecule has 3 heteroatoms. The van der Waals surface area contributed by atoms with Gasteiger partial charge >= 0.3 is 0 Å². The van der Waals surface area contributed by atoms with E-state index in [0.717, 1.165) is 35.3 Å². The molecule has 0 aliphatic carbocycles. The van der Waals surface area contributed by atoms with Crippen molar-refractivity contribution in [3.63, 3.8) is 0 Å². The van der Waals surface area contributed by atoms with Gasteiger partial charge in [0.25, 0.3) is 0 Å². The number of hydrogen-bond acceptors (Lipinski definition) is 2. The summed E-state index contributed by atoms with van der Waals surface area (Å²) in [6.45, 7) is 10.3. The fraction of sp³-hybridized carbons (Fsp3) is 0.364. The maximum absolute atomic E-state index is 13.1. The summed E-state index contributed by atoms with van der Waals surface area (Å²) in [6.07, 6.45) is 1.98. The van der Waals surface area contributed by atoms with Gasteiger partial charge in [-0.15, -0.1) is 0 Å². The van der Waals surface area contributed by atoms with E-state index in [0.29, 0.717) is 4.91 Å². The van der Waals surface area contributed by atoms with Crippen LogP contribution in [0, 0.1) is 12.3 Å². The molecule has 2 aromatic rings. The highest BCUT2D eigenvalue weighted by Gasteiger charge is 2.39. The van der Waals surface area contributed by atoms with Crippen molar-refractivity contribution in [1.82, 2.24) is 0 Å². The van der Waals surface area contributed by atoms with Crippen molar-refractivity contribution in [3.8, 4) is 0 Å². The Labute approximate surface area is 154 Å². The lowest BCUT2D eigenvalue weighted by Gasteiger charge is -2.36. The number of hydrogen-bond donors (Lipinski definition) is 1. The van der Waals surface area contributed by atoms with Crippen LogP contribution in [0.5, 0.6) is 0 Å². The monoisotopic (exact) mass is 356 g/mol. The first-order valence-electron chi connectivity index (χ1n) is 8.81. The van der Waals surface area contributed by atoms with Gasteiger partial charge in [-0.3, -0.25) is 0 Å². The Morgan fingerprint density at radius 3 is 2.32 bits per heavy atom. The standard InChI is InChI=1S/C22H28O2S/c1-5-6-16-22(4,21(23)19-10-8-7-9-11-19)18(3)25(24)20-14-12-17(2)13-15-20/h7-15,21,23H,3,5-6,16H2,1-2,4H3/t21-,22+,25?/m1/s1. The third-order valence-corrected chi connectivity index (χ3v) is 6.48. The minimum absolute atomic E-state index is 0.584. The molecule has 2 aromatic carbocycles. The van der Waals surface area contributed by atoms with E-state index in [2.05, 4.69) is 13.5 Å². The molecule has 0 amide bonds. The van der Waals surface area contributed by atoms with E-state index in [1.807, 2.05) is 68.4 Å². The highest BCUT2D eigenvalue weighted by molar-refractivity contribution is 7.89. The summed E-state index contributed by atoms with van der Waals surface area (Å²) in [5.41, 5.74) is 1.32. The second kappa shape index (κ2) is 8.59. The van der Waals surface area contributed by atoms with Gasteiger partial charge in [-0.2, -0.15) is 0 Å². The van der Waals surface area contributed by atoms with Gasteiger partial charge in [-0.05, 0) is 31.0 Å². The molecule has 0 aromatic heterocycles. The lowest BCUT2D eigenvalue weighted by Crippen LogP contribution is -2.29. The molecule has 0 fully saturated rings. The van der Waals surface area contributed by atoms with Crippen molar-refractivity contribution in [1.29, 1.82) is 0 Å². The summed E-state index contributed by atoms with van der Waals surface area (Å²) in [5, 5.41) is 11.1. The maximum Gasteiger partial charge on any atom is 0.0889 e. The van der Waals surface area contributed by atoms with Gasteiger partial charge in [-0.1, -0.05) is 81.3 Å². The average molecular weight is 357 g/mol. The van der Waals surface area contributed by atoms with Crippen LogP contribution in [0.4, 0.5) is 0 Å². The van der Waals surface area contributed by atoms with E-state index < -0.39 is 22.3 Å². The highest BCUT2D eigenvalue weighted by Crippen LogP contribution is 2.46. The van der Waals surface area contributed by atoms with E-state index >= 15 is 0 Å². The Kier molecular flexibility index (Phi) is 6.74. The third-order valence-electron chi connectivity index (χ3n) is 4.86. The second-order valence-corrected chi connectivity index (χ2v) is 8.34. The summed E-state index contributed by atoms with van der Waals surface area (Å²) in [5.74, 6) is 0. The van der Waals surface area contributed by atoms with Crippen molar-refractivity contribution < 1.29 is 9.32 Å². The molecule has 25 heavy (non-hydrogen) atoms. The van der Waals surface area contributed by atoms with Crippen LogP contribution in [0.1, 0.15) is 50.3 Å². The van der Waals surface area contributed by atoms with Crippen molar-refractivity contribution in [2.45, 2.75) is 51.0 Å². The minimum Gasteiger partial charge on any atom is -0.387 e. The molecule has 0 heterocycles. The van der Waals surface area contributed by atoms with Crippen LogP contribution >= 0.6 is 0 Å². The zero-order valence-corrected chi connectivity index (χ0v) is 16.2. The van der Waals surface area contributed by atoms with Crippen molar-refractivity contribution in [3.05, 3.63) is 77.2 Å². The van der Waals surface area contributed by atoms with Gasteiger partial charge in [0.15, 0.2) is 0 Å². The molecule has 2 rings (SSSR count). The molecule has 0 spiro atoms. The fourth-order valence-corrected chi connectivity index (χ4v) is 4.30. The van der Waals surface area contributed by atoms with Gasteiger partial charge in [-0.25, -0.2) is 4.21 Å². The summed E-state index contributed by atoms with van der Waals surface area (Å²) >= 11 is 0. The first-order valence-corrected chi connectivity index (χ1v) is 9.96. The molecule has 134 valence electrons. The number of aryl methyl sites for hydroxylation is 1. The Morgan fingerprint density at radius 1 is 1.16 bits per heavy atom. The van der Waals surface area contributed by atoms with E-state index in [4.69, 9.17) is 0 Å². The highest BCUT2D eigenvalue weighted by atomic mass is 32.2. The summed E-state index contributed by atoms with van der Waals surface area (Å²) in [6, 6.07) is 17.3. The van der Waals surface area contributed by atoms with Crippen LogP contribution in [0.25, 0.3) is 0 Å². The van der Waals surface area contributed by atoms with Crippen molar-refractivity contribution in [2.24, 2.45) is 5.41 Å². The Morgan fingerprint density at radius 2 is 1.76 bits per heavy atom. The topological polar surface area (TPSA) is 37.3 Å². The van der Waals surface area contributed by atoms with Gasteiger partial charge < -0.3 is 5.11 Å². The molecule has 1 N–H and O–H groups in total. The minimum atomic E-state index is -1.36. The van der Waals surface area contributed by atoms with Crippen LogP contribution in [0.15, 0.2) is 71.0 Å². The summed E-state index contributed by atoms with van der Waals surface area (Å²) in [7, 11) is -1.36. The van der Waals surface area contributed by atoms with E-state index in [1.54, 1.807) is 0 Å². The molecule has 2 nitrogen and oxygen atoms in total. The van der Waals surface area contributed by atoms with Crippen LogP contribution in [0.2, 0.25) is 0 Å². The average Bonchev–Trinajstić information content (AvgIpc) is 2.65. The first-order chi connectivity index (χ1) is 11.9. The molecular formula is C22H28O2S. The van der Waals surface area contributed by atoms with Gasteiger partial charge in [0, 0.05) is 15.2 Å². The Hall–Kier alpha value is -1.71. The number of benzene rings is 2. The predicted molar refractivity (Wildman–Crippen MR) is 106 cm³/mol. The third kappa shape index (κ3) is 4.47. The van der Waals surface area contributed by atoms with E-state index in [9.17, 15) is 9.32 Å². The molecule has 0 aliphatic rings. The molecule has 0 saturated heterocycles. The zero-order valence-electron chi connectivity index (χ0n) is 15.4. The lowest BCUT2D eigenvalue weighted by atomic mass is 9.76. The van der Waals surface area contributed by atoms with Crippen LogP contribution in [-0.4, -0.2) is 9.32 Å². The van der Waals surface area contributed by atoms with Gasteiger partial charge in [0.1, 0.15) is 0 Å². The van der Waals surface area contributed by atoms with Crippen LogP contribution < -0.4 is 0 Å². The second-order valence-electron chi connectivity index (χ2n) is 6.84. The van der Waals surface area contributed by atoms with Gasteiger partial charge in [0.05, 0.1) is 16.9 Å². The number of aliphatic hydroxyl groups is 1. The molecule has 0 radical (unpaired) electrons. The Balaban J connectivity index is 2.36. The van der Waals surface area contributed by atoms with Crippen LogP contribution in [-0.2, 0) is 10.8 Å². The molecule has 0 saturated carbocycles. The van der Waals surface area contributed by atoms with Crippen molar-refractivity contribution in [2.75, 3.05) is 0 Å². The largest absolute Gasteiger partial charge is 0.387 e. The Bertz CT molecular complexity index is 721. The van der Waals surface area contributed by atoms with E-state index in [1.165, 1.54) is 0 Å². The first kappa shape index (κ1) is 19.6. The fourth-order valence-electron chi connectivity index (χ4n) is 2.99. The number of aliphatic hydroxyl groups excluding tert-OH is 1. The quantitative estimate of drug-likeness (QED) is 0.673. The normalized spacial score (nSPS) is 16.0.